The van der Waals surface area contributed by atoms with E-state index in [0.29, 0.717) is 5.92 Å². The van der Waals surface area contributed by atoms with Gasteiger partial charge in [0.05, 0.1) is 11.9 Å². The fourth-order valence-electron chi connectivity index (χ4n) is 3.86. The van der Waals surface area contributed by atoms with Crippen LogP contribution < -0.4 is 0 Å². The number of likely N-dealkylation sites (tertiary alicyclic amines) is 1. The zero-order valence-corrected chi connectivity index (χ0v) is 15.8. The molecule has 1 aliphatic rings. The Kier molecular flexibility index (Phi) is 5.09. The predicted octanol–water partition coefficient (Wildman–Crippen LogP) is 4.15. The van der Waals surface area contributed by atoms with Gasteiger partial charge in [0.2, 0.25) is 0 Å². The molecule has 6 heteroatoms. The lowest BCUT2D eigenvalue weighted by molar-refractivity contribution is 0.155. The Hall–Kier alpha value is -2.11. The average molecular weight is 370 g/mol. The maximum absolute atomic E-state index is 6.01. The molecule has 1 N–H and O–H groups in total. The fraction of sp³-hybridized carbons (Fsp3) is 0.400. The molecule has 2 aromatic heterocycles. The van der Waals surface area contributed by atoms with Gasteiger partial charge in [-0.15, -0.1) is 0 Å². The van der Waals surface area contributed by atoms with Gasteiger partial charge in [-0.3, -0.25) is 10.00 Å². The summed E-state index contributed by atoms with van der Waals surface area (Å²) in [5.74, 6) is 1.77. The number of hydrogen-bond donors (Lipinski definition) is 1. The Balaban J connectivity index is 1.44. The number of hydrogen-bond acceptors (Lipinski definition) is 3. The van der Waals surface area contributed by atoms with Crippen LogP contribution in [0.2, 0.25) is 5.02 Å². The number of piperidine rings is 1. The minimum Gasteiger partial charge on any atom is -0.335 e. The predicted molar refractivity (Wildman–Crippen MR) is 104 cm³/mol. The first-order chi connectivity index (χ1) is 12.7. The Morgan fingerprint density at radius 1 is 1.27 bits per heavy atom. The van der Waals surface area contributed by atoms with Crippen molar-refractivity contribution in [3.8, 4) is 11.3 Å². The monoisotopic (exact) mass is 369 g/mol. The van der Waals surface area contributed by atoms with Gasteiger partial charge in [-0.25, -0.2) is 4.98 Å². The fourth-order valence-corrected chi connectivity index (χ4v) is 3.98. The van der Waals surface area contributed by atoms with Gasteiger partial charge in [0.1, 0.15) is 5.82 Å². The summed E-state index contributed by atoms with van der Waals surface area (Å²) < 4.78 is 2.27. The number of aromatic amines is 1. The van der Waals surface area contributed by atoms with Gasteiger partial charge < -0.3 is 4.57 Å². The molecule has 1 aromatic carbocycles. The molecular weight excluding hydrogens is 346 g/mol. The number of H-pyrrole nitrogens is 1. The van der Waals surface area contributed by atoms with E-state index in [0.717, 1.165) is 48.3 Å². The molecule has 0 amide bonds. The standard InChI is InChI=1S/C20H24ClN5/c1-15-22-8-10-26(15)13-16-3-2-9-25(12-16)14-18-11-23-24-20(18)17-4-6-19(21)7-5-17/h4-8,10-11,16H,2-3,9,12-14H2,1H3,(H,23,24). The van der Waals surface area contributed by atoms with Crippen LogP contribution in [0.15, 0.2) is 42.9 Å². The highest BCUT2D eigenvalue weighted by Gasteiger charge is 2.22. The van der Waals surface area contributed by atoms with E-state index in [-0.39, 0.29) is 0 Å². The van der Waals surface area contributed by atoms with Crippen LogP contribution in [0.5, 0.6) is 0 Å². The summed E-state index contributed by atoms with van der Waals surface area (Å²) in [5.41, 5.74) is 3.46. The number of nitrogens with zero attached hydrogens (tertiary/aromatic N) is 4. The van der Waals surface area contributed by atoms with Crippen LogP contribution in [0.4, 0.5) is 0 Å². The highest BCUT2D eigenvalue weighted by molar-refractivity contribution is 6.30. The molecule has 1 aliphatic heterocycles. The van der Waals surface area contributed by atoms with Crippen LogP contribution in [-0.2, 0) is 13.1 Å². The van der Waals surface area contributed by atoms with Gasteiger partial charge in [-0.1, -0.05) is 23.7 Å². The molecule has 1 unspecified atom stereocenters. The summed E-state index contributed by atoms with van der Waals surface area (Å²) in [6.45, 7) is 6.31. The lowest BCUT2D eigenvalue weighted by Crippen LogP contribution is -2.36. The number of aryl methyl sites for hydroxylation is 1. The second-order valence-corrected chi connectivity index (χ2v) is 7.58. The van der Waals surface area contributed by atoms with Crippen molar-refractivity contribution in [2.75, 3.05) is 13.1 Å². The van der Waals surface area contributed by atoms with Gasteiger partial charge in [-0.05, 0) is 49.9 Å². The van der Waals surface area contributed by atoms with Crippen molar-refractivity contribution in [1.29, 1.82) is 0 Å². The summed E-state index contributed by atoms with van der Waals surface area (Å²) in [5, 5.41) is 8.19. The lowest BCUT2D eigenvalue weighted by Gasteiger charge is -2.33. The highest BCUT2D eigenvalue weighted by atomic mass is 35.5. The molecule has 1 saturated heterocycles. The van der Waals surface area contributed by atoms with E-state index < -0.39 is 0 Å². The van der Waals surface area contributed by atoms with Crippen molar-refractivity contribution >= 4 is 11.6 Å². The van der Waals surface area contributed by atoms with Crippen LogP contribution in [0, 0.1) is 12.8 Å². The molecule has 0 aliphatic carbocycles. The van der Waals surface area contributed by atoms with E-state index in [1.165, 1.54) is 18.4 Å². The summed E-state index contributed by atoms with van der Waals surface area (Å²) >= 11 is 6.01. The van der Waals surface area contributed by atoms with Crippen molar-refractivity contribution in [2.24, 2.45) is 5.92 Å². The molecule has 4 rings (SSSR count). The molecule has 3 heterocycles. The Morgan fingerprint density at radius 2 is 2.12 bits per heavy atom. The van der Waals surface area contributed by atoms with Crippen LogP contribution in [0.1, 0.15) is 24.2 Å². The van der Waals surface area contributed by atoms with E-state index >= 15 is 0 Å². The second kappa shape index (κ2) is 7.64. The first-order valence-electron chi connectivity index (χ1n) is 9.17. The third kappa shape index (κ3) is 3.84. The molecule has 1 fully saturated rings. The molecular formula is C20H24ClN5. The van der Waals surface area contributed by atoms with Gasteiger partial charge in [0, 0.05) is 42.6 Å². The first-order valence-corrected chi connectivity index (χ1v) is 9.55. The minimum absolute atomic E-state index is 0.669. The largest absolute Gasteiger partial charge is 0.335 e. The quantitative estimate of drug-likeness (QED) is 0.735. The maximum atomic E-state index is 6.01. The van der Waals surface area contributed by atoms with E-state index in [4.69, 9.17) is 11.6 Å². The number of rotatable bonds is 5. The maximum Gasteiger partial charge on any atom is 0.105 e. The number of benzene rings is 1. The Labute approximate surface area is 159 Å². The zero-order valence-electron chi connectivity index (χ0n) is 15.0. The molecule has 0 bridgehead atoms. The van der Waals surface area contributed by atoms with Crippen molar-refractivity contribution in [3.63, 3.8) is 0 Å². The molecule has 0 radical (unpaired) electrons. The second-order valence-electron chi connectivity index (χ2n) is 7.15. The van der Waals surface area contributed by atoms with Gasteiger partial charge in [0.15, 0.2) is 0 Å². The minimum atomic E-state index is 0.669. The van der Waals surface area contributed by atoms with Crippen molar-refractivity contribution in [2.45, 2.75) is 32.9 Å². The van der Waals surface area contributed by atoms with Crippen LogP contribution in [0.25, 0.3) is 11.3 Å². The molecule has 1 atom stereocenters. The highest BCUT2D eigenvalue weighted by Crippen LogP contribution is 2.26. The van der Waals surface area contributed by atoms with E-state index in [2.05, 4.69) is 37.8 Å². The molecule has 26 heavy (non-hydrogen) atoms. The number of aromatic nitrogens is 4. The zero-order chi connectivity index (χ0) is 17.9. The van der Waals surface area contributed by atoms with E-state index in [9.17, 15) is 0 Å². The summed E-state index contributed by atoms with van der Waals surface area (Å²) in [6, 6.07) is 7.93. The first kappa shape index (κ1) is 17.3. The molecule has 0 spiro atoms. The summed E-state index contributed by atoms with van der Waals surface area (Å²) in [7, 11) is 0. The molecule has 3 aromatic rings. The van der Waals surface area contributed by atoms with Crippen LogP contribution in [0.3, 0.4) is 0 Å². The normalized spacial score (nSPS) is 18.3. The SMILES string of the molecule is Cc1nccn1CC1CCCN(Cc2cn[nH]c2-c2ccc(Cl)cc2)C1. The van der Waals surface area contributed by atoms with Gasteiger partial charge >= 0.3 is 0 Å². The molecule has 136 valence electrons. The van der Waals surface area contributed by atoms with Crippen molar-refractivity contribution in [3.05, 3.63) is 59.3 Å². The third-order valence-corrected chi connectivity index (χ3v) is 5.48. The lowest BCUT2D eigenvalue weighted by atomic mass is 9.97. The average Bonchev–Trinajstić information content (AvgIpc) is 3.26. The van der Waals surface area contributed by atoms with E-state index in [1.54, 1.807) is 0 Å². The Bertz CT molecular complexity index is 851. The van der Waals surface area contributed by atoms with Crippen molar-refractivity contribution < 1.29 is 0 Å². The van der Waals surface area contributed by atoms with Crippen LogP contribution >= 0.6 is 11.6 Å². The number of imidazole rings is 1. The van der Waals surface area contributed by atoms with E-state index in [1.807, 2.05) is 36.7 Å². The summed E-state index contributed by atoms with van der Waals surface area (Å²) in [6.07, 6.45) is 8.45. The third-order valence-electron chi connectivity index (χ3n) is 5.23. The van der Waals surface area contributed by atoms with Gasteiger partial charge in [-0.2, -0.15) is 5.10 Å². The Morgan fingerprint density at radius 3 is 2.88 bits per heavy atom. The van der Waals surface area contributed by atoms with Crippen LogP contribution in [-0.4, -0.2) is 37.7 Å². The van der Waals surface area contributed by atoms with Gasteiger partial charge in [0.25, 0.3) is 0 Å². The van der Waals surface area contributed by atoms with Crippen molar-refractivity contribution in [1.82, 2.24) is 24.6 Å². The molecule has 5 nitrogen and oxygen atoms in total. The number of nitrogens with one attached hydrogen (secondary N) is 1. The number of halogens is 1. The smallest absolute Gasteiger partial charge is 0.105 e. The topological polar surface area (TPSA) is 49.7 Å². The summed E-state index contributed by atoms with van der Waals surface area (Å²) in [4.78, 5) is 6.89. The molecule has 0 saturated carbocycles.